The van der Waals surface area contributed by atoms with E-state index in [0.29, 0.717) is 29.0 Å². The number of hydrogen-bond acceptors (Lipinski definition) is 6. The lowest BCUT2D eigenvalue weighted by Crippen LogP contribution is -2.45. The average molecular weight is 434 g/mol. The van der Waals surface area contributed by atoms with Gasteiger partial charge in [-0.1, -0.05) is 54.1 Å². The number of fused-ring (bicyclic) bond motifs is 1. The van der Waals surface area contributed by atoms with Crippen molar-refractivity contribution in [3.8, 4) is 11.3 Å². The Bertz CT molecular complexity index is 1210. The first kappa shape index (κ1) is 19.8. The molecule has 0 atom stereocenters. The fraction of sp³-hybridized carbons (Fsp3) is 0.261. The summed E-state index contributed by atoms with van der Waals surface area (Å²) in [6.45, 7) is 4.26. The van der Waals surface area contributed by atoms with Gasteiger partial charge in [0.1, 0.15) is 5.82 Å². The number of piperazine rings is 1. The average Bonchev–Trinajstić information content (AvgIpc) is 3.09. The number of benzene rings is 2. The molecule has 5 rings (SSSR count). The Morgan fingerprint density at radius 2 is 1.74 bits per heavy atom. The third-order valence-corrected chi connectivity index (χ3v) is 5.92. The SMILES string of the molecule is CN1CCN(c2nc(-c3cccc(Cl)c3)c3c(N)n(Cc4ccccc4)nc3n2)CC1. The Morgan fingerprint density at radius 3 is 2.48 bits per heavy atom. The van der Waals surface area contributed by atoms with Gasteiger partial charge in [0, 0.05) is 36.8 Å². The van der Waals surface area contributed by atoms with Crippen LogP contribution >= 0.6 is 11.6 Å². The fourth-order valence-electron chi connectivity index (χ4n) is 3.91. The highest BCUT2D eigenvalue weighted by atomic mass is 35.5. The molecule has 1 fully saturated rings. The topological polar surface area (TPSA) is 76.1 Å². The monoisotopic (exact) mass is 433 g/mol. The molecule has 2 aromatic heterocycles. The van der Waals surface area contributed by atoms with Gasteiger partial charge in [0.05, 0.1) is 17.6 Å². The van der Waals surface area contributed by atoms with Crippen molar-refractivity contribution < 1.29 is 0 Å². The molecular formula is C23H24ClN7. The molecule has 1 saturated heterocycles. The number of anilines is 2. The van der Waals surface area contributed by atoms with E-state index in [1.807, 2.05) is 42.5 Å². The summed E-state index contributed by atoms with van der Waals surface area (Å²) in [6, 6.07) is 17.8. The molecule has 31 heavy (non-hydrogen) atoms. The van der Waals surface area contributed by atoms with Crippen LogP contribution in [0.4, 0.5) is 11.8 Å². The minimum absolute atomic E-state index is 0.554. The van der Waals surface area contributed by atoms with Crippen molar-refractivity contribution in [1.29, 1.82) is 0 Å². The van der Waals surface area contributed by atoms with Crippen LogP contribution < -0.4 is 10.6 Å². The second-order valence-electron chi connectivity index (χ2n) is 7.90. The van der Waals surface area contributed by atoms with E-state index in [9.17, 15) is 0 Å². The van der Waals surface area contributed by atoms with Gasteiger partial charge in [-0.25, -0.2) is 9.67 Å². The van der Waals surface area contributed by atoms with Gasteiger partial charge in [-0.15, -0.1) is 5.10 Å². The number of aromatic nitrogens is 4. The van der Waals surface area contributed by atoms with Crippen LogP contribution in [0, 0.1) is 0 Å². The van der Waals surface area contributed by atoms with Crippen molar-refractivity contribution in [3.05, 3.63) is 65.2 Å². The Hall–Kier alpha value is -3.16. The zero-order valence-corrected chi connectivity index (χ0v) is 18.1. The standard InChI is InChI=1S/C23H24ClN7/c1-29-10-12-30(13-11-29)23-26-20(17-8-5-9-18(24)14-17)19-21(25)31(28-22(19)27-23)15-16-6-3-2-4-7-16/h2-9,14H,10-13,15,25H2,1H3. The lowest BCUT2D eigenvalue weighted by Gasteiger charge is -2.32. The molecule has 0 amide bonds. The van der Waals surface area contributed by atoms with Crippen LogP contribution in [-0.4, -0.2) is 57.9 Å². The van der Waals surface area contributed by atoms with Gasteiger partial charge in [0.15, 0.2) is 5.65 Å². The molecule has 0 spiro atoms. The Morgan fingerprint density at radius 1 is 0.968 bits per heavy atom. The lowest BCUT2D eigenvalue weighted by atomic mass is 10.1. The van der Waals surface area contributed by atoms with Gasteiger partial charge in [-0.3, -0.25) is 0 Å². The predicted molar refractivity (Wildman–Crippen MR) is 125 cm³/mol. The molecule has 7 nitrogen and oxygen atoms in total. The summed E-state index contributed by atoms with van der Waals surface area (Å²) in [6.07, 6.45) is 0. The summed E-state index contributed by atoms with van der Waals surface area (Å²) >= 11 is 6.29. The molecule has 0 radical (unpaired) electrons. The van der Waals surface area contributed by atoms with Crippen LogP contribution in [0.15, 0.2) is 54.6 Å². The minimum Gasteiger partial charge on any atom is -0.383 e. The summed E-state index contributed by atoms with van der Waals surface area (Å²) in [5.74, 6) is 1.23. The summed E-state index contributed by atoms with van der Waals surface area (Å²) in [5, 5.41) is 6.17. The van der Waals surface area contributed by atoms with Crippen molar-refractivity contribution in [2.45, 2.75) is 6.54 Å². The van der Waals surface area contributed by atoms with E-state index in [4.69, 9.17) is 32.4 Å². The second kappa shape index (κ2) is 8.17. The normalized spacial score (nSPS) is 15.0. The largest absolute Gasteiger partial charge is 0.383 e. The van der Waals surface area contributed by atoms with Crippen molar-refractivity contribution in [1.82, 2.24) is 24.6 Å². The fourth-order valence-corrected chi connectivity index (χ4v) is 4.10. The maximum Gasteiger partial charge on any atom is 0.228 e. The molecule has 4 aromatic rings. The molecule has 8 heteroatoms. The van der Waals surface area contributed by atoms with E-state index in [2.05, 4.69) is 29.0 Å². The highest BCUT2D eigenvalue weighted by Gasteiger charge is 2.23. The first-order chi connectivity index (χ1) is 15.1. The van der Waals surface area contributed by atoms with Gasteiger partial charge in [0.2, 0.25) is 5.95 Å². The van der Waals surface area contributed by atoms with Gasteiger partial charge >= 0.3 is 0 Å². The van der Waals surface area contributed by atoms with E-state index < -0.39 is 0 Å². The Labute approximate surface area is 186 Å². The van der Waals surface area contributed by atoms with Crippen molar-refractivity contribution in [2.24, 2.45) is 0 Å². The Balaban J connectivity index is 1.65. The second-order valence-corrected chi connectivity index (χ2v) is 8.34. The third-order valence-electron chi connectivity index (χ3n) is 5.69. The van der Waals surface area contributed by atoms with Crippen molar-refractivity contribution in [2.75, 3.05) is 43.9 Å². The summed E-state index contributed by atoms with van der Waals surface area (Å²) in [4.78, 5) is 14.3. The molecule has 0 saturated carbocycles. The molecule has 2 N–H and O–H groups in total. The molecule has 1 aliphatic rings. The molecule has 0 aliphatic carbocycles. The number of likely N-dealkylation sites (N-methyl/N-ethyl adjacent to an activating group) is 1. The molecule has 0 unspecified atom stereocenters. The van der Waals surface area contributed by atoms with E-state index in [0.717, 1.165) is 48.4 Å². The number of hydrogen-bond donors (Lipinski definition) is 1. The number of nitrogen functional groups attached to an aromatic ring is 1. The zero-order chi connectivity index (χ0) is 21.4. The molecule has 2 aromatic carbocycles. The van der Waals surface area contributed by atoms with Crippen LogP contribution in [0.25, 0.3) is 22.3 Å². The van der Waals surface area contributed by atoms with Crippen LogP contribution in [0.2, 0.25) is 5.02 Å². The highest BCUT2D eigenvalue weighted by molar-refractivity contribution is 6.30. The Kier molecular flexibility index (Phi) is 5.21. The predicted octanol–water partition coefficient (Wildman–Crippen LogP) is 3.53. The first-order valence-electron chi connectivity index (χ1n) is 10.4. The van der Waals surface area contributed by atoms with E-state index in [-0.39, 0.29) is 0 Å². The van der Waals surface area contributed by atoms with Crippen molar-refractivity contribution >= 4 is 34.4 Å². The third kappa shape index (κ3) is 3.94. The first-order valence-corrected chi connectivity index (χ1v) is 10.7. The van der Waals surface area contributed by atoms with Crippen LogP contribution in [0.5, 0.6) is 0 Å². The molecular weight excluding hydrogens is 410 g/mol. The van der Waals surface area contributed by atoms with E-state index >= 15 is 0 Å². The molecule has 3 heterocycles. The number of rotatable bonds is 4. The number of nitrogens with zero attached hydrogens (tertiary/aromatic N) is 6. The quantitative estimate of drug-likeness (QED) is 0.530. The summed E-state index contributed by atoms with van der Waals surface area (Å²) in [7, 11) is 2.13. The van der Waals surface area contributed by atoms with Gasteiger partial charge < -0.3 is 15.5 Å². The van der Waals surface area contributed by atoms with Crippen LogP contribution in [0.1, 0.15) is 5.56 Å². The lowest BCUT2D eigenvalue weighted by molar-refractivity contribution is 0.311. The number of nitrogens with two attached hydrogens (primary N) is 1. The van der Waals surface area contributed by atoms with Crippen LogP contribution in [0.3, 0.4) is 0 Å². The molecule has 158 valence electrons. The molecule has 0 bridgehead atoms. The minimum atomic E-state index is 0.554. The number of halogens is 1. The zero-order valence-electron chi connectivity index (χ0n) is 17.4. The van der Waals surface area contributed by atoms with E-state index in [1.165, 1.54) is 0 Å². The maximum atomic E-state index is 6.58. The van der Waals surface area contributed by atoms with Gasteiger partial charge in [0.25, 0.3) is 0 Å². The van der Waals surface area contributed by atoms with Gasteiger partial charge in [-0.2, -0.15) is 4.98 Å². The van der Waals surface area contributed by atoms with Crippen molar-refractivity contribution in [3.63, 3.8) is 0 Å². The maximum absolute atomic E-state index is 6.58. The highest BCUT2D eigenvalue weighted by Crippen LogP contribution is 2.33. The van der Waals surface area contributed by atoms with Crippen LogP contribution in [-0.2, 0) is 6.54 Å². The summed E-state index contributed by atoms with van der Waals surface area (Å²) in [5.41, 5.74) is 9.97. The molecule has 1 aliphatic heterocycles. The van der Waals surface area contributed by atoms with E-state index in [1.54, 1.807) is 4.68 Å². The van der Waals surface area contributed by atoms with Gasteiger partial charge in [-0.05, 0) is 24.7 Å². The summed E-state index contributed by atoms with van der Waals surface area (Å²) < 4.78 is 1.80. The smallest absolute Gasteiger partial charge is 0.228 e.